The van der Waals surface area contributed by atoms with Gasteiger partial charge in [-0.05, 0) is 53.1 Å². The predicted molar refractivity (Wildman–Crippen MR) is 121 cm³/mol. The van der Waals surface area contributed by atoms with E-state index in [9.17, 15) is 9.59 Å². The third-order valence-electron chi connectivity index (χ3n) is 5.63. The summed E-state index contributed by atoms with van der Waals surface area (Å²) in [6.45, 7) is 6.93. The van der Waals surface area contributed by atoms with Crippen LogP contribution < -0.4 is 19.5 Å². The van der Waals surface area contributed by atoms with Crippen molar-refractivity contribution in [3.8, 4) is 28.4 Å². The minimum Gasteiger partial charge on any atom is -0.493 e. The van der Waals surface area contributed by atoms with Crippen molar-refractivity contribution in [1.29, 1.82) is 0 Å². The van der Waals surface area contributed by atoms with Crippen molar-refractivity contribution < 1.29 is 28.9 Å². The molecular formula is C25H31NO6. The Labute approximate surface area is 188 Å². The topological polar surface area (TPSA) is 94.1 Å². The van der Waals surface area contributed by atoms with E-state index in [0.717, 1.165) is 16.7 Å². The second-order valence-corrected chi connectivity index (χ2v) is 9.09. The molecule has 0 saturated heterocycles. The summed E-state index contributed by atoms with van der Waals surface area (Å²) in [5, 5.41) is 11.9. The summed E-state index contributed by atoms with van der Waals surface area (Å²) < 4.78 is 17.4. The highest BCUT2D eigenvalue weighted by Crippen LogP contribution is 2.45. The van der Waals surface area contributed by atoms with Crippen molar-refractivity contribution in [2.75, 3.05) is 20.8 Å². The van der Waals surface area contributed by atoms with E-state index in [0.29, 0.717) is 42.4 Å². The fourth-order valence-electron chi connectivity index (χ4n) is 4.31. The number of fused-ring (bicyclic) bond motifs is 1. The van der Waals surface area contributed by atoms with Gasteiger partial charge in [-0.2, -0.15) is 0 Å². The number of ether oxygens (including phenoxy) is 3. The second kappa shape index (κ2) is 9.51. The van der Waals surface area contributed by atoms with Crippen molar-refractivity contribution in [2.45, 2.75) is 40.2 Å². The number of aliphatic carboxylic acids is 1. The van der Waals surface area contributed by atoms with Gasteiger partial charge in [0.05, 0.1) is 20.8 Å². The fourth-order valence-corrected chi connectivity index (χ4v) is 4.31. The number of methoxy groups -OCH3 is 2. The number of carboxylic acid groups (broad SMARTS) is 1. The smallest absolute Gasteiger partial charge is 0.303 e. The number of amides is 1. The number of carboxylic acids is 1. The first kappa shape index (κ1) is 23.4. The van der Waals surface area contributed by atoms with E-state index in [1.807, 2.05) is 37.3 Å². The molecule has 2 aromatic carbocycles. The largest absolute Gasteiger partial charge is 0.493 e. The van der Waals surface area contributed by atoms with Crippen LogP contribution in [0.3, 0.4) is 0 Å². The summed E-state index contributed by atoms with van der Waals surface area (Å²) in [4.78, 5) is 23.0. The molecule has 1 amide bonds. The van der Waals surface area contributed by atoms with Gasteiger partial charge in [0.1, 0.15) is 0 Å². The molecule has 2 aromatic rings. The maximum absolute atomic E-state index is 11.9. The van der Waals surface area contributed by atoms with Gasteiger partial charge < -0.3 is 24.6 Å². The third-order valence-corrected chi connectivity index (χ3v) is 5.63. The third kappa shape index (κ3) is 5.15. The zero-order valence-corrected chi connectivity index (χ0v) is 19.3. The van der Waals surface area contributed by atoms with Gasteiger partial charge in [0.15, 0.2) is 11.5 Å². The van der Waals surface area contributed by atoms with E-state index in [2.05, 4.69) is 19.2 Å². The van der Waals surface area contributed by atoms with Crippen LogP contribution in [0, 0.1) is 11.3 Å². The lowest BCUT2D eigenvalue weighted by Crippen LogP contribution is -2.25. The van der Waals surface area contributed by atoms with Crippen LogP contribution in [0.4, 0.5) is 0 Å². The quantitative estimate of drug-likeness (QED) is 0.563. The predicted octanol–water partition coefficient (Wildman–Crippen LogP) is 4.52. The molecule has 1 aliphatic rings. The molecule has 172 valence electrons. The lowest BCUT2D eigenvalue weighted by molar-refractivity contribution is -0.138. The molecule has 0 fully saturated rings. The van der Waals surface area contributed by atoms with Crippen LogP contribution in [-0.2, 0) is 11.3 Å². The molecule has 7 heteroatoms. The van der Waals surface area contributed by atoms with Crippen LogP contribution in [0.2, 0.25) is 0 Å². The molecular weight excluding hydrogens is 410 g/mol. The van der Waals surface area contributed by atoms with Gasteiger partial charge in [0, 0.05) is 24.1 Å². The van der Waals surface area contributed by atoms with Crippen LogP contribution in [0.25, 0.3) is 11.1 Å². The van der Waals surface area contributed by atoms with Crippen LogP contribution in [0.15, 0.2) is 30.3 Å². The lowest BCUT2D eigenvalue weighted by atomic mass is 9.83. The maximum Gasteiger partial charge on any atom is 0.303 e. The van der Waals surface area contributed by atoms with E-state index in [1.54, 1.807) is 14.2 Å². The van der Waals surface area contributed by atoms with Gasteiger partial charge in [-0.15, -0.1) is 0 Å². The van der Waals surface area contributed by atoms with E-state index in [-0.39, 0.29) is 23.7 Å². The molecule has 0 spiro atoms. The summed E-state index contributed by atoms with van der Waals surface area (Å²) >= 11 is 0. The number of hydrogen-bond donors (Lipinski definition) is 2. The first-order valence-corrected chi connectivity index (χ1v) is 10.7. The number of rotatable bonds is 10. The normalized spacial score (nSPS) is 13.8. The molecule has 0 aromatic heterocycles. The molecule has 2 N–H and O–H groups in total. The molecule has 32 heavy (non-hydrogen) atoms. The number of carbonyl (C=O) groups is 2. The lowest BCUT2D eigenvalue weighted by Gasteiger charge is -2.29. The van der Waals surface area contributed by atoms with Crippen LogP contribution in [0.5, 0.6) is 17.2 Å². The van der Waals surface area contributed by atoms with Gasteiger partial charge >= 0.3 is 5.97 Å². The molecule has 3 rings (SSSR count). The Kier molecular flexibility index (Phi) is 6.96. The fraction of sp³-hybridized carbons (Fsp3) is 0.440. The zero-order chi connectivity index (χ0) is 23.5. The van der Waals surface area contributed by atoms with E-state index in [4.69, 9.17) is 19.3 Å². The van der Waals surface area contributed by atoms with Crippen LogP contribution in [-0.4, -0.2) is 37.8 Å². The van der Waals surface area contributed by atoms with E-state index < -0.39 is 5.97 Å². The highest BCUT2D eigenvalue weighted by atomic mass is 16.5. The number of nitrogens with one attached hydrogen (secondary N) is 1. The Balaban J connectivity index is 1.93. The van der Waals surface area contributed by atoms with Crippen molar-refractivity contribution in [3.05, 3.63) is 41.5 Å². The molecule has 1 atom stereocenters. The highest BCUT2D eigenvalue weighted by Gasteiger charge is 2.27. The van der Waals surface area contributed by atoms with E-state index in [1.165, 1.54) is 0 Å². The van der Waals surface area contributed by atoms with Crippen molar-refractivity contribution in [2.24, 2.45) is 11.3 Å². The van der Waals surface area contributed by atoms with Crippen LogP contribution in [0.1, 0.15) is 49.5 Å². The molecule has 1 heterocycles. The van der Waals surface area contributed by atoms with Gasteiger partial charge in [-0.1, -0.05) is 26.8 Å². The molecule has 0 bridgehead atoms. The number of carbonyl (C=O) groups excluding carboxylic acids is 1. The first-order valence-electron chi connectivity index (χ1n) is 10.7. The van der Waals surface area contributed by atoms with Gasteiger partial charge in [-0.3, -0.25) is 9.59 Å². The molecule has 0 aliphatic carbocycles. The standard InChI is InChI=1S/C25H31NO6/c1-15(10-21(27)28)12-25(2,3)14-32-22-18(8-9-20(30-4)23(22)31-5)16-6-7-19-17(11-16)13-26-24(19)29/h6-9,11,15H,10,12-14H2,1-5H3,(H,26,29)(H,27,28). The van der Waals surface area contributed by atoms with Gasteiger partial charge in [0.25, 0.3) is 5.91 Å². The number of benzene rings is 2. The molecule has 0 radical (unpaired) electrons. The molecule has 1 unspecified atom stereocenters. The Morgan fingerprint density at radius 1 is 1.12 bits per heavy atom. The van der Waals surface area contributed by atoms with Crippen molar-refractivity contribution >= 4 is 11.9 Å². The average molecular weight is 442 g/mol. The monoisotopic (exact) mass is 441 g/mol. The second-order valence-electron chi connectivity index (χ2n) is 9.09. The van der Waals surface area contributed by atoms with Crippen molar-refractivity contribution in [3.63, 3.8) is 0 Å². The summed E-state index contributed by atoms with van der Waals surface area (Å²) in [6.07, 6.45) is 0.826. The summed E-state index contributed by atoms with van der Waals surface area (Å²) in [5.74, 6) is 0.779. The molecule has 1 aliphatic heterocycles. The maximum atomic E-state index is 11.9. The Morgan fingerprint density at radius 3 is 2.50 bits per heavy atom. The number of hydrogen-bond acceptors (Lipinski definition) is 5. The summed E-state index contributed by atoms with van der Waals surface area (Å²) in [6, 6.07) is 9.46. The Bertz CT molecular complexity index is 1010. The highest BCUT2D eigenvalue weighted by molar-refractivity contribution is 5.99. The zero-order valence-electron chi connectivity index (χ0n) is 19.3. The van der Waals surface area contributed by atoms with Gasteiger partial charge in [0.2, 0.25) is 5.75 Å². The molecule has 7 nitrogen and oxygen atoms in total. The first-order chi connectivity index (χ1) is 15.1. The SMILES string of the molecule is COc1ccc(-c2ccc3c(c2)CNC3=O)c(OCC(C)(C)CC(C)CC(=O)O)c1OC. The van der Waals surface area contributed by atoms with Crippen molar-refractivity contribution in [1.82, 2.24) is 5.32 Å². The minimum absolute atomic E-state index is 0.0273. The van der Waals surface area contributed by atoms with Gasteiger partial charge in [-0.25, -0.2) is 0 Å². The summed E-state index contributed by atoms with van der Waals surface area (Å²) in [7, 11) is 3.14. The molecule has 0 saturated carbocycles. The average Bonchev–Trinajstić information content (AvgIpc) is 3.10. The summed E-state index contributed by atoms with van der Waals surface area (Å²) in [5.41, 5.74) is 3.11. The Morgan fingerprint density at radius 2 is 1.84 bits per heavy atom. The minimum atomic E-state index is -0.796. The Hall–Kier alpha value is -3.22. The van der Waals surface area contributed by atoms with E-state index >= 15 is 0 Å². The van der Waals surface area contributed by atoms with Crippen LogP contribution >= 0.6 is 0 Å².